The Kier molecular flexibility index (Phi) is 7.79. The van der Waals surface area contributed by atoms with Crippen LogP contribution in [0.15, 0.2) is 29.2 Å². The summed E-state index contributed by atoms with van der Waals surface area (Å²) in [4.78, 5) is 14.7. The van der Waals surface area contributed by atoms with Crippen LogP contribution in [0.1, 0.15) is 43.5 Å². The first-order chi connectivity index (χ1) is 12.8. The van der Waals surface area contributed by atoms with Gasteiger partial charge in [0.2, 0.25) is 10.0 Å². The first kappa shape index (κ1) is 21.8. The van der Waals surface area contributed by atoms with Crippen molar-refractivity contribution in [2.75, 3.05) is 33.3 Å². The number of sulfonamides is 1. The molecule has 0 spiro atoms. The zero-order valence-electron chi connectivity index (χ0n) is 16.4. The number of ether oxygens (including phenoxy) is 1. The molecule has 1 aliphatic rings. The number of hydrogen-bond donors (Lipinski definition) is 1. The number of amides is 1. The molecule has 0 aliphatic carbocycles. The first-order valence-electron chi connectivity index (χ1n) is 9.46. The molecular weight excluding hydrogens is 366 g/mol. The minimum Gasteiger partial charge on any atom is -0.378 e. The van der Waals surface area contributed by atoms with Crippen molar-refractivity contribution in [1.29, 1.82) is 0 Å². The predicted octanol–water partition coefficient (Wildman–Crippen LogP) is 1.69. The second-order valence-electron chi connectivity index (χ2n) is 7.14. The summed E-state index contributed by atoms with van der Waals surface area (Å²) in [7, 11) is -1.99. The van der Waals surface area contributed by atoms with Crippen molar-refractivity contribution in [1.82, 2.24) is 9.21 Å². The summed E-state index contributed by atoms with van der Waals surface area (Å²) in [6, 6.07) is 6.05. The minimum atomic E-state index is -3.54. The second kappa shape index (κ2) is 9.64. The highest BCUT2D eigenvalue weighted by Gasteiger charge is 2.26. The molecule has 0 bridgehead atoms. The lowest BCUT2D eigenvalue weighted by Gasteiger charge is -2.32. The SMILES string of the molecule is CC(C)N(C)S(=O)(=O)c1ccc(C(=O)N2CCC(OCCCN)CC2)cc1. The van der Waals surface area contributed by atoms with E-state index >= 15 is 0 Å². The number of nitrogens with zero attached hydrogens (tertiary/aromatic N) is 2. The molecule has 1 aromatic rings. The third-order valence-electron chi connectivity index (χ3n) is 4.94. The molecule has 0 radical (unpaired) electrons. The summed E-state index contributed by atoms with van der Waals surface area (Å²) < 4.78 is 32.1. The summed E-state index contributed by atoms with van der Waals surface area (Å²) in [5.41, 5.74) is 5.97. The quantitative estimate of drug-likeness (QED) is 0.674. The average Bonchev–Trinajstić information content (AvgIpc) is 2.67. The van der Waals surface area contributed by atoms with Gasteiger partial charge in [-0.2, -0.15) is 4.31 Å². The van der Waals surface area contributed by atoms with Crippen molar-refractivity contribution < 1.29 is 17.9 Å². The van der Waals surface area contributed by atoms with E-state index in [1.807, 2.05) is 13.8 Å². The maximum atomic E-state index is 12.7. The molecule has 1 aromatic carbocycles. The van der Waals surface area contributed by atoms with E-state index in [0.29, 0.717) is 31.8 Å². The third-order valence-corrected chi connectivity index (χ3v) is 6.98. The van der Waals surface area contributed by atoms with Gasteiger partial charge in [-0.15, -0.1) is 0 Å². The summed E-state index contributed by atoms with van der Waals surface area (Å²) >= 11 is 0. The van der Waals surface area contributed by atoms with Gasteiger partial charge < -0.3 is 15.4 Å². The minimum absolute atomic E-state index is 0.0726. The average molecular weight is 398 g/mol. The molecule has 1 heterocycles. The van der Waals surface area contributed by atoms with Crippen molar-refractivity contribution in [2.24, 2.45) is 5.73 Å². The molecule has 1 amide bonds. The van der Waals surface area contributed by atoms with Crippen molar-refractivity contribution >= 4 is 15.9 Å². The van der Waals surface area contributed by atoms with Crippen LogP contribution >= 0.6 is 0 Å². The van der Waals surface area contributed by atoms with Crippen LogP contribution in [0, 0.1) is 0 Å². The van der Waals surface area contributed by atoms with Gasteiger partial charge in [-0.05, 0) is 63.9 Å². The van der Waals surface area contributed by atoms with Gasteiger partial charge in [-0.1, -0.05) is 0 Å². The number of rotatable bonds is 8. The van der Waals surface area contributed by atoms with E-state index in [1.54, 1.807) is 24.1 Å². The largest absolute Gasteiger partial charge is 0.378 e. The van der Waals surface area contributed by atoms with E-state index in [2.05, 4.69) is 0 Å². The second-order valence-corrected chi connectivity index (χ2v) is 9.14. The van der Waals surface area contributed by atoms with E-state index in [0.717, 1.165) is 19.3 Å². The van der Waals surface area contributed by atoms with E-state index in [9.17, 15) is 13.2 Å². The Labute approximate surface area is 162 Å². The molecule has 27 heavy (non-hydrogen) atoms. The lowest BCUT2D eigenvalue weighted by molar-refractivity contribution is 0.00844. The van der Waals surface area contributed by atoms with Crippen LogP contribution < -0.4 is 5.73 Å². The Morgan fingerprint density at radius 3 is 2.37 bits per heavy atom. The Bertz CT molecular complexity index is 711. The number of nitrogens with two attached hydrogens (primary N) is 1. The van der Waals surface area contributed by atoms with Crippen molar-refractivity contribution in [2.45, 2.75) is 50.2 Å². The molecule has 152 valence electrons. The molecule has 0 unspecified atom stereocenters. The highest BCUT2D eigenvalue weighted by molar-refractivity contribution is 7.89. The van der Waals surface area contributed by atoms with Crippen LogP contribution in [0.25, 0.3) is 0 Å². The van der Waals surface area contributed by atoms with Crippen LogP contribution in [0.2, 0.25) is 0 Å². The zero-order valence-corrected chi connectivity index (χ0v) is 17.2. The van der Waals surface area contributed by atoms with Gasteiger partial charge in [0.15, 0.2) is 0 Å². The molecule has 1 aliphatic heterocycles. The highest BCUT2D eigenvalue weighted by atomic mass is 32.2. The summed E-state index contributed by atoms with van der Waals surface area (Å²) in [6.07, 6.45) is 2.64. The summed E-state index contributed by atoms with van der Waals surface area (Å²) in [5.74, 6) is -0.0726. The van der Waals surface area contributed by atoms with Crippen LogP contribution in [-0.4, -0.2) is 69.0 Å². The molecule has 1 fully saturated rings. The Balaban J connectivity index is 1.97. The van der Waals surface area contributed by atoms with Gasteiger partial charge in [-0.3, -0.25) is 4.79 Å². The molecule has 7 nitrogen and oxygen atoms in total. The van der Waals surface area contributed by atoms with Crippen molar-refractivity contribution in [3.63, 3.8) is 0 Å². The molecule has 0 aromatic heterocycles. The van der Waals surface area contributed by atoms with E-state index < -0.39 is 10.0 Å². The fourth-order valence-corrected chi connectivity index (χ4v) is 4.32. The lowest BCUT2D eigenvalue weighted by Crippen LogP contribution is -2.41. The van der Waals surface area contributed by atoms with Gasteiger partial charge in [0.25, 0.3) is 5.91 Å². The Morgan fingerprint density at radius 1 is 1.26 bits per heavy atom. The van der Waals surface area contributed by atoms with E-state index in [1.165, 1.54) is 16.4 Å². The van der Waals surface area contributed by atoms with Crippen LogP contribution in [0.3, 0.4) is 0 Å². The maximum Gasteiger partial charge on any atom is 0.253 e. The molecule has 0 atom stereocenters. The fraction of sp³-hybridized carbons (Fsp3) is 0.632. The normalized spacial score (nSPS) is 16.3. The van der Waals surface area contributed by atoms with Crippen LogP contribution in [0.4, 0.5) is 0 Å². The molecule has 0 saturated carbocycles. The lowest BCUT2D eigenvalue weighted by atomic mass is 10.1. The number of hydrogen-bond acceptors (Lipinski definition) is 5. The standard InChI is InChI=1S/C19H31N3O4S/c1-15(2)21(3)27(24,25)18-7-5-16(6-8-18)19(23)22-12-9-17(10-13-22)26-14-4-11-20/h5-8,15,17H,4,9-14,20H2,1-3H3. The van der Waals surface area contributed by atoms with Gasteiger partial charge in [0.1, 0.15) is 0 Å². The molecule has 8 heteroatoms. The highest BCUT2D eigenvalue weighted by Crippen LogP contribution is 2.20. The first-order valence-corrected chi connectivity index (χ1v) is 10.9. The summed E-state index contributed by atoms with van der Waals surface area (Å²) in [5, 5.41) is 0. The molecule has 1 saturated heterocycles. The van der Waals surface area contributed by atoms with Gasteiger partial charge >= 0.3 is 0 Å². The van der Waals surface area contributed by atoms with Crippen LogP contribution in [-0.2, 0) is 14.8 Å². The van der Waals surface area contributed by atoms with Gasteiger partial charge in [0.05, 0.1) is 11.0 Å². The predicted molar refractivity (Wildman–Crippen MR) is 105 cm³/mol. The summed E-state index contributed by atoms with van der Waals surface area (Å²) in [6.45, 7) is 6.20. The third kappa shape index (κ3) is 5.51. The Morgan fingerprint density at radius 2 is 1.85 bits per heavy atom. The monoisotopic (exact) mass is 397 g/mol. The number of likely N-dealkylation sites (tertiary alicyclic amines) is 1. The topological polar surface area (TPSA) is 92.9 Å². The van der Waals surface area contributed by atoms with Crippen molar-refractivity contribution in [3.8, 4) is 0 Å². The van der Waals surface area contributed by atoms with Crippen molar-refractivity contribution in [3.05, 3.63) is 29.8 Å². The zero-order chi connectivity index (χ0) is 20.0. The maximum absolute atomic E-state index is 12.7. The van der Waals surface area contributed by atoms with E-state index in [-0.39, 0.29) is 22.9 Å². The number of benzene rings is 1. The van der Waals surface area contributed by atoms with Gasteiger partial charge in [0, 0.05) is 38.3 Å². The number of carbonyl (C=O) groups excluding carboxylic acids is 1. The number of piperidine rings is 1. The number of carbonyl (C=O) groups is 1. The molecular formula is C19H31N3O4S. The molecule has 2 N–H and O–H groups in total. The fourth-order valence-electron chi connectivity index (χ4n) is 2.95. The van der Waals surface area contributed by atoms with Crippen LogP contribution in [0.5, 0.6) is 0 Å². The van der Waals surface area contributed by atoms with Gasteiger partial charge in [-0.25, -0.2) is 8.42 Å². The molecule has 2 rings (SSSR count). The van der Waals surface area contributed by atoms with E-state index in [4.69, 9.17) is 10.5 Å². The Hall–Kier alpha value is -1.48. The smallest absolute Gasteiger partial charge is 0.253 e.